The maximum Gasteiger partial charge on any atom is 0.412 e. The molecule has 10 heavy (non-hydrogen) atoms. The standard InChI is InChI=1S/C5H10N2O2S/c1-3-10-7-4-6-5(8)9-2/h4H,3H2,1-2H3,(H,6,7,8). The van der Waals surface area contributed by atoms with Crippen molar-refractivity contribution in [2.24, 2.45) is 4.40 Å². The molecule has 0 atom stereocenters. The number of ether oxygens (including phenoxy) is 1. The summed E-state index contributed by atoms with van der Waals surface area (Å²) in [7, 11) is 1.30. The highest BCUT2D eigenvalue weighted by Gasteiger charge is 1.90. The molecular formula is C5H10N2O2S. The molecule has 4 nitrogen and oxygen atoms in total. The number of carbonyl (C=O) groups excluding carboxylic acids is 1. The van der Waals surface area contributed by atoms with E-state index in [1.807, 2.05) is 6.92 Å². The third kappa shape index (κ3) is 5.43. The number of methoxy groups -OCH3 is 1. The first-order chi connectivity index (χ1) is 4.81. The van der Waals surface area contributed by atoms with E-state index in [1.165, 1.54) is 25.4 Å². The minimum atomic E-state index is -0.500. The maximum absolute atomic E-state index is 10.3. The Kier molecular flexibility index (Phi) is 5.96. The van der Waals surface area contributed by atoms with E-state index >= 15 is 0 Å². The number of rotatable bonds is 3. The molecule has 0 aliphatic heterocycles. The van der Waals surface area contributed by atoms with E-state index in [0.29, 0.717) is 0 Å². The van der Waals surface area contributed by atoms with Crippen LogP contribution in [-0.2, 0) is 4.74 Å². The molecule has 0 aliphatic carbocycles. The first-order valence-electron chi connectivity index (χ1n) is 2.79. The van der Waals surface area contributed by atoms with Gasteiger partial charge in [-0.1, -0.05) is 6.92 Å². The van der Waals surface area contributed by atoms with Crippen molar-refractivity contribution in [2.75, 3.05) is 12.9 Å². The SMILES string of the molecule is CCSN=CNC(=O)OC. The Morgan fingerprint density at radius 1 is 1.90 bits per heavy atom. The zero-order chi connectivity index (χ0) is 7.82. The predicted molar refractivity (Wildman–Crippen MR) is 42.2 cm³/mol. The lowest BCUT2D eigenvalue weighted by atomic mass is 11.0. The lowest BCUT2D eigenvalue weighted by molar-refractivity contribution is 0.177. The lowest BCUT2D eigenvalue weighted by Crippen LogP contribution is -2.20. The van der Waals surface area contributed by atoms with E-state index in [-0.39, 0.29) is 0 Å². The van der Waals surface area contributed by atoms with Gasteiger partial charge in [-0.05, 0) is 11.9 Å². The normalized spacial score (nSPS) is 9.80. The quantitative estimate of drug-likeness (QED) is 0.383. The van der Waals surface area contributed by atoms with Gasteiger partial charge in [-0.3, -0.25) is 5.32 Å². The monoisotopic (exact) mass is 162 g/mol. The zero-order valence-electron chi connectivity index (χ0n) is 5.96. The van der Waals surface area contributed by atoms with Gasteiger partial charge in [-0.2, -0.15) is 0 Å². The summed E-state index contributed by atoms with van der Waals surface area (Å²) in [5.41, 5.74) is 0. The fourth-order valence-electron chi connectivity index (χ4n) is 0.250. The van der Waals surface area contributed by atoms with Gasteiger partial charge < -0.3 is 4.74 Å². The van der Waals surface area contributed by atoms with E-state index in [4.69, 9.17) is 0 Å². The molecule has 58 valence electrons. The third-order valence-electron chi connectivity index (χ3n) is 0.624. The van der Waals surface area contributed by atoms with Crippen molar-refractivity contribution in [1.29, 1.82) is 0 Å². The molecule has 0 heterocycles. The van der Waals surface area contributed by atoms with Crippen LogP contribution in [0.5, 0.6) is 0 Å². The number of alkyl carbamates (subject to hydrolysis) is 1. The molecule has 0 bridgehead atoms. The summed E-state index contributed by atoms with van der Waals surface area (Å²) in [5, 5.41) is 2.29. The van der Waals surface area contributed by atoms with Crippen LogP contribution in [0.15, 0.2) is 4.40 Å². The Morgan fingerprint density at radius 3 is 3.10 bits per heavy atom. The summed E-state index contributed by atoms with van der Waals surface area (Å²) in [6, 6.07) is 0. The number of hydrogen-bond donors (Lipinski definition) is 1. The molecule has 0 aromatic carbocycles. The molecule has 0 aliphatic rings. The second-order valence-corrected chi connectivity index (χ2v) is 2.33. The van der Waals surface area contributed by atoms with Crippen molar-refractivity contribution in [3.05, 3.63) is 0 Å². The molecule has 0 spiro atoms. The summed E-state index contributed by atoms with van der Waals surface area (Å²) in [5.74, 6) is 0.888. The van der Waals surface area contributed by atoms with Gasteiger partial charge >= 0.3 is 6.09 Å². The van der Waals surface area contributed by atoms with Crippen LogP contribution in [0.3, 0.4) is 0 Å². The highest BCUT2D eigenvalue weighted by molar-refractivity contribution is 7.98. The molecule has 0 saturated heterocycles. The molecule has 0 saturated carbocycles. The number of hydrogen-bond acceptors (Lipinski definition) is 4. The molecule has 0 unspecified atom stereocenters. The van der Waals surface area contributed by atoms with Crippen LogP contribution in [-0.4, -0.2) is 25.3 Å². The van der Waals surface area contributed by atoms with Crippen molar-refractivity contribution >= 4 is 24.4 Å². The molecule has 1 N–H and O–H groups in total. The number of nitrogens with zero attached hydrogens (tertiary/aromatic N) is 1. The lowest BCUT2D eigenvalue weighted by Gasteiger charge is -1.93. The summed E-state index contributed by atoms with van der Waals surface area (Å²) in [6.07, 6.45) is 0.806. The summed E-state index contributed by atoms with van der Waals surface area (Å²) < 4.78 is 8.04. The van der Waals surface area contributed by atoms with Gasteiger partial charge in [0.05, 0.1) is 7.11 Å². The van der Waals surface area contributed by atoms with Crippen LogP contribution < -0.4 is 5.32 Å². The highest BCUT2D eigenvalue weighted by Crippen LogP contribution is 1.95. The third-order valence-corrected chi connectivity index (χ3v) is 1.14. The summed E-state index contributed by atoms with van der Waals surface area (Å²) >= 11 is 1.36. The summed E-state index contributed by atoms with van der Waals surface area (Å²) in [6.45, 7) is 1.97. The molecule has 0 aromatic heterocycles. The van der Waals surface area contributed by atoms with Gasteiger partial charge in [0.1, 0.15) is 6.34 Å². The van der Waals surface area contributed by atoms with E-state index in [1.54, 1.807) is 0 Å². The molecule has 0 fully saturated rings. The van der Waals surface area contributed by atoms with Crippen molar-refractivity contribution in [3.63, 3.8) is 0 Å². The smallest absolute Gasteiger partial charge is 0.412 e. The van der Waals surface area contributed by atoms with E-state index in [2.05, 4.69) is 14.5 Å². The van der Waals surface area contributed by atoms with Gasteiger partial charge in [0, 0.05) is 5.75 Å². The largest absolute Gasteiger partial charge is 0.453 e. The number of nitrogens with one attached hydrogen (secondary N) is 1. The van der Waals surface area contributed by atoms with Crippen LogP contribution in [0.25, 0.3) is 0 Å². The molecule has 0 aromatic rings. The van der Waals surface area contributed by atoms with Crippen LogP contribution in [0.4, 0.5) is 4.79 Å². The first kappa shape index (κ1) is 9.29. The second-order valence-electron chi connectivity index (χ2n) is 1.29. The van der Waals surface area contributed by atoms with Gasteiger partial charge in [-0.15, -0.1) is 0 Å². The fraction of sp³-hybridized carbons (Fsp3) is 0.600. The number of amides is 1. The van der Waals surface area contributed by atoms with Crippen LogP contribution >= 0.6 is 11.9 Å². The molecule has 0 radical (unpaired) electrons. The second kappa shape index (κ2) is 6.41. The van der Waals surface area contributed by atoms with Crippen molar-refractivity contribution < 1.29 is 9.53 Å². The number of carbonyl (C=O) groups is 1. The molecule has 0 rings (SSSR count). The first-order valence-corrected chi connectivity index (χ1v) is 3.73. The Labute approximate surface area is 64.2 Å². The topological polar surface area (TPSA) is 50.7 Å². The van der Waals surface area contributed by atoms with Crippen LogP contribution in [0.2, 0.25) is 0 Å². The molecular weight excluding hydrogens is 152 g/mol. The molecule has 5 heteroatoms. The van der Waals surface area contributed by atoms with Crippen molar-refractivity contribution in [2.45, 2.75) is 6.92 Å². The van der Waals surface area contributed by atoms with Gasteiger partial charge in [0.2, 0.25) is 0 Å². The average Bonchev–Trinajstić information content (AvgIpc) is 1.98. The van der Waals surface area contributed by atoms with Crippen LogP contribution in [0.1, 0.15) is 6.92 Å². The maximum atomic E-state index is 10.3. The average molecular weight is 162 g/mol. The fourth-order valence-corrected chi connectivity index (χ4v) is 0.526. The Morgan fingerprint density at radius 2 is 2.60 bits per heavy atom. The summed E-state index contributed by atoms with van der Waals surface area (Å²) in [4.78, 5) is 10.3. The van der Waals surface area contributed by atoms with Crippen LogP contribution in [0, 0.1) is 0 Å². The van der Waals surface area contributed by atoms with Gasteiger partial charge in [-0.25, -0.2) is 9.19 Å². The Bertz CT molecular complexity index is 127. The molecule has 1 amide bonds. The van der Waals surface area contributed by atoms with E-state index in [0.717, 1.165) is 5.75 Å². The van der Waals surface area contributed by atoms with Gasteiger partial charge in [0.15, 0.2) is 0 Å². The van der Waals surface area contributed by atoms with Gasteiger partial charge in [0.25, 0.3) is 0 Å². The minimum Gasteiger partial charge on any atom is -0.453 e. The Balaban J connectivity index is 3.25. The Hall–Kier alpha value is -0.710. The van der Waals surface area contributed by atoms with Crippen molar-refractivity contribution in [3.8, 4) is 0 Å². The minimum absolute atomic E-state index is 0.500. The predicted octanol–water partition coefficient (Wildman–Crippen LogP) is 1.04. The van der Waals surface area contributed by atoms with E-state index in [9.17, 15) is 4.79 Å². The zero-order valence-corrected chi connectivity index (χ0v) is 6.77. The van der Waals surface area contributed by atoms with Crippen molar-refractivity contribution in [1.82, 2.24) is 5.32 Å². The van der Waals surface area contributed by atoms with E-state index < -0.39 is 6.09 Å². The highest BCUT2D eigenvalue weighted by atomic mass is 32.2.